The monoisotopic (exact) mass is 590 g/mol. The van der Waals surface area contributed by atoms with Crippen LogP contribution in [0.3, 0.4) is 0 Å². The zero-order chi connectivity index (χ0) is 29.0. The smallest absolute Gasteiger partial charge is 0.333 e. The molecule has 17 heteroatoms. The molecule has 2 fully saturated rings. The molecule has 4 rings (SSSR count). The quantitative estimate of drug-likeness (QED) is 0.105. The number of carbonyl (C=O) groups is 4. The molecule has 210 valence electrons. The first-order valence-corrected chi connectivity index (χ1v) is 13.4. The van der Waals surface area contributed by atoms with Gasteiger partial charge in [0.15, 0.2) is 16.9 Å². The van der Waals surface area contributed by atoms with E-state index in [-0.39, 0.29) is 34.6 Å². The van der Waals surface area contributed by atoms with Gasteiger partial charge < -0.3 is 30.3 Å². The molecule has 2 aromatic rings. The molecular formula is C23H22N6O9S2. The van der Waals surface area contributed by atoms with Crippen LogP contribution in [0.15, 0.2) is 46.6 Å². The summed E-state index contributed by atoms with van der Waals surface area (Å²) in [4.78, 5) is 71.1. The van der Waals surface area contributed by atoms with E-state index >= 15 is 0 Å². The van der Waals surface area contributed by atoms with Crippen molar-refractivity contribution in [3.05, 3.63) is 62.9 Å². The van der Waals surface area contributed by atoms with Crippen molar-refractivity contribution in [2.24, 2.45) is 5.16 Å². The third kappa shape index (κ3) is 6.04. The van der Waals surface area contributed by atoms with Crippen molar-refractivity contribution in [2.75, 3.05) is 18.6 Å². The second-order valence-corrected chi connectivity index (χ2v) is 10.3. The van der Waals surface area contributed by atoms with Crippen LogP contribution in [0.4, 0.5) is 10.8 Å². The summed E-state index contributed by atoms with van der Waals surface area (Å²) >= 11 is 2.34. The summed E-state index contributed by atoms with van der Waals surface area (Å²) in [7, 11) is 1.25. The molecule has 0 aliphatic carbocycles. The number of hydrogen-bond acceptors (Lipinski definition) is 14. The maximum absolute atomic E-state index is 13.2. The van der Waals surface area contributed by atoms with E-state index in [0.29, 0.717) is 11.1 Å². The number of nitrogens with zero attached hydrogens (tertiary/aromatic N) is 4. The number of aromatic nitrogens is 1. The third-order valence-corrected chi connectivity index (χ3v) is 7.72. The average Bonchev–Trinajstić information content (AvgIpc) is 3.37. The number of oxime groups is 1. The number of ether oxygens (including phenoxy) is 2. The number of nitro groups is 1. The van der Waals surface area contributed by atoms with Crippen molar-refractivity contribution < 1.29 is 38.4 Å². The molecule has 15 nitrogen and oxygen atoms in total. The van der Waals surface area contributed by atoms with Crippen LogP contribution in [0.5, 0.6) is 0 Å². The topological polar surface area (TPSA) is 206 Å². The number of non-ortho nitro benzene ring substituents is 1. The molecule has 1 aromatic heterocycles. The number of thiazole rings is 1. The Kier molecular flexibility index (Phi) is 8.64. The van der Waals surface area contributed by atoms with E-state index in [1.54, 1.807) is 0 Å². The van der Waals surface area contributed by atoms with Crippen molar-refractivity contribution in [2.45, 2.75) is 31.0 Å². The number of β-lactam (4-membered cyclic amide) rings is 1. The summed E-state index contributed by atoms with van der Waals surface area (Å²) in [5.41, 5.74) is 6.31. The second kappa shape index (κ2) is 12.1. The largest absolute Gasteiger partial charge is 0.459 e. The van der Waals surface area contributed by atoms with E-state index < -0.39 is 46.1 Å². The van der Waals surface area contributed by atoms with Gasteiger partial charge in [0.25, 0.3) is 11.6 Å². The highest BCUT2D eigenvalue weighted by Gasteiger charge is 2.57. The lowest BCUT2D eigenvalue weighted by Gasteiger charge is -2.52. The van der Waals surface area contributed by atoms with Crippen LogP contribution in [-0.4, -0.2) is 74.6 Å². The zero-order valence-electron chi connectivity index (χ0n) is 21.0. The molecular weight excluding hydrogens is 568 g/mol. The fourth-order valence-electron chi connectivity index (χ4n) is 3.88. The number of fused-ring (bicyclic) bond motifs is 1. The van der Waals surface area contributed by atoms with Crippen LogP contribution in [-0.2, 0) is 40.1 Å². The molecule has 2 aliphatic heterocycles. The Balaban J connectivity index is 1.50. The number of nitro benzene ring substituents is 1. The van der Waals surface area contributed by atoms with Gasteiger partial charge in [-0.3, -0.25) is 24.5 Å². The SMILES string of the molecule is CON=C(C(=O)NC1C(=O)N2C(C(=O)OCc3ccc([N+](=O)[O-])cc3)C(=COC(C)=O)CS[C@@H]12)c1csc(N)n1. The molecule has 2 aliphatic rings. The number of carbonyl (C=O) groups excluding carboxylic acids is 4. The second-order valence-electron chi connectivity index (χ2n) is 8.33. The average molecular weight is 591 g/mol. The molecule has 2 amide bonds. The van der Waals surface area contributed by atoms with E-state index in [0.717, 1.165) is 17.6 Å². The highest BCUT2D eigenvalue weighted by molar-refractivity contribution is 8.00. The van der Waals surface area contributed by atoms with Gasteiger partial charge in [0.2, 0.25) is 5.91 Å². The lowest BCUT2D eigenvalue weighted by Crippen LogP contribution is -2.75. The van der Waals surface area contributed by atoms with Gasteiger partial charge in [-0.25, -0.2) is 9.78 Å². The molecule has 0 saturated carbocycles. The maximum Gasteiger partial charge on any atom is 0.333 e. The first-order chi connectivity index (χ1) is 19.1. The highest BCUT2D eigenvalue weighted by Crippen LogP contribution is 2.41. The van der Waals surface area contributed by atoms with E-state index in [9.17, 15) is 29.3 Å². The van der Waals surface area contributed by atoms with Gasteiger partial charge in [0, 0.05) is 35.8 Å². The van der Waals surface area contributed by atoms with Crippen molar-refractivity contribution >= 4 is 63.4 Å². The van der Waals surface area contributed by atoms with Crippen LogP contribution >= 0.6 is 23.1 Å². The standard InChI is InChI=1S/C23H22N6O9S2/c1-11(30)37-8-13-9-39-21-17(26-19(31)16(27-36-2)15-10-40-23(24)25-15)20(32)28(21)18(13)22(33)38-7-12-3-5-14(6-4-12)29(34)35/h3-6,8,10,17-18,21H,7,9H2,1-2H3,(H2,24,25)(H,26,31)/t17?,18?,21-/m0/s1. The Hall–Kier alpha value is -4.51. The zero-order valence-corrected chi connectivity index (χ0v) is 22.6. The van der Waals surface area contributed by atoms with Gasteiger partial charge in [-0.2, -0.15) is 0 Å². The first-order valence-electron chi connectivity index (χ1n) is 11.4. The van der Waals surface area contributed by atoms with E-state index in [1.807, 2.05) is 0 Å². The molecule has 0 spiro atoms. The molecule has 2 unspecified atom stereocenters. The highest BCUT2D eigenvalue weighted by atomic mass is 32.2. The van der Waals surface area contributed by atoms with Crippen LogP contribution in [0, 0.1) is 10.1 Å². The molecule has 0 radical (unpaired) electrons. The summed E-state index contributed by atoms with van der Waals surface area (Å²) in [6, 6.07) is 3.20. The fourth-order valence-corrected chi connectivity index (χ4v) is 5.78. The number of thioether (sulfide) groups is 1. The minimum Gasteiger partial charge on any atom is -0.459 e. The van der Waals surface area contributed by atoms with Crippen LogP contribution < -0.4 is 11.1 Å². The van der Waals surface area contributed by atoms with Gasteiger partial charge in [-0.05, 0) is 17.7 Å². The summed E-state index contributed by atoms with van der Waals surface area (Å²) in [6.07, 6.45) is 1.11. The lowest BCUT2D eigenvalue weighted by atomic mass is 9.98. The normalized spacial score (nSPS) is 21.2. The number of anilines is 1. The summed E-state index contributed by atoms with van der Waals surface area (Å²) in [6.45, 7) is 0.967. The molecule has 1 aromatic carbocycles. The minimum absolute atomic E-state index is 0.120. The number of nitrogen functional groups attached to an aromatic ring is 1. The molecule has 3 heterocycles. The van der Waals surface area contributed by atoms with E-state index in [4.69, 9.17) is 20.0 Å². The Bertz CT molecular complexity index is 1410. The van der Waals surface area contributed by atoms with Gasteiger partial charge >= 0.3 is 11.9 Å². The van der Waals surface area contributed by atoms with Crippen LogP contribution in [0.2, 0.25) is 0 Å². The maximum atomic E-state index is 13.2. The predicted octanol–water partition coefficient (Wildman–Crippen LogP) is 0.943. The van der Waals surface area contributed by atoms with Crippen LogP contribution in [0.1, 0.15) is 18.2 Å². The number of rotatable bonds is 9. The summed E-state index contributed by atoms with van der Waals surface area (Å²) < 4.78 is 10.4. The lowest BCUT2D eigenvalue weighted by molar-refractivity contribution is -0.384. The van der Waals surface area contributed by atoms with E-state index in [2.05, 4.69) is 15.5 Å². The predicted molar refractivity (Wildman–Crippen MR) is 142 cm³/mol. The van der Waals surface area contributed by atoms with Gasteiger partial charge in [0.1, 0.15) is 30.8 Å². The number of amides is 2. The van der Waals surface area contributed by atoms with Gasteiger partial charge in [-0.1, -0.05) is 5.16 Å². The summed E-state index contributed by atoms with van der Waals surface area (Å²) in [5, 5.41) is 18.3. The molecule has 2 saturated heterocycles. The molecule has 40 heavy (non-hydrogen) atoms. The fraction of sp³-hybridized carbons (Fsp3) is 0.304. The van der Waals surface area contributed by atoms with Crippen LogP contribution in [0.25, 0.3) is 0 Å². The van der Waals surface area contributed by atoms with Crippen molar-refractivity contribution in [1.29, 1.82) is 0 Å². The van der Waals surface area contributed by atoms with Crippen molar-refractivity contribution in [3.8, 4) is 0 Å². The number of nitrogens with one attached hydrogen (secondary N) is 1. The summed E-state index contributed by atoms with van der Waals surface area (Å²) in [5.74, 6) is -2.55. The number of esters is 2. The third-order valence-electron chi connectivity index (χ3n) is 5.71. The molecule has 3 atom stereocenters. The Morgan fingerprint density at radius 3 is 2.65 bits per heavy atom. The van der Waals surface area contributed by atoms with Gasteiger partial charge in [-0.15, -0.1) is 23.1 Å². The Morgan fingerprint density at radius 2 is 2.05 bits per heavy atom. The number of hydrogen-bond donors (Lipinski definition) is 2. The number of nitrogens with two attached hydrogens (primary N) is 1. The molecule has 0 bridgehead atoms. The number of benzene rings is 1. The van der Waals surface area contributed by atoms with Crippen molar-refractivity contribution in [1.82, 2.24) is 15.2 Å². The Labute approximate surface area is 234 Å². The first kappa shape index (κ1) is 28.5. The van der Waals surface area contributed by atoms with E-state index in [1.165, 1.54) is 60.3 Å². The van der Waals surface area contributed by atoms with Gasteiger partial charge in [0.05, 0.1) is 11.2 Å². The minimum atomic E-state index is -1.23. The Morgan fingerprint density at radius 1 is 1.32 bits per heavy atom. The molecule has 3 N–H and O–H groups in total. The van der Waals surface area contributed by atoms with Crippen molar-refractivity contribution in [3.63, 3.8) is 0 Å².